The van der Waals surface area contributed by atoms with Gasteiger partial charge in [0.2, 0.25) is 0 Å². The van der Waals surface area contributed by atoms with Crippen LogP contribution in [0.15, 0.2) is 73.6 Å². The largest absolute Gasteiger partial charge is 0.325 e. The third-order valence-electron chi connectivity index (χ3n) is 5.93. The first-order valence-corrected chi connectivity index (χ1v) is 10.7. The van der Waals surface area contributed by atoms with Gasteiger partial charge >= 0.3 is 0 Å². The van der Waals surface area contributed by atoms with Crippen molar-refractivity contribution in [2.45, 2.75) is 57.4 Å². The Bertz CT molecular complexity index is 834. The summed E-state index contributed by atoms with van der Waals surface area (Å²) in [6.45, 7) is 6.14. The van der Waals surface area contributed by atoms with Crippen molar-refractivity contribution in [3.8, 4) is 0 Å². The highest BCUT2D eigenvalue weighted by Gasteiger charge is 2.22. The predicted molar refractivity (Wildman–Crippen MR) is 118 cm³/mol. The summed E-state index contributed by atoms with van der Waals surface area (Å²) in [6, 6.07) is 13.2. The molecule has 0 spiro atoms. The summed E-state index contributed by atoms with van der Waals surface area (Å²) >= 11 is 0. The molecule has 0 saturated carbocycles. The molecule has 152 valence electrons. The van der Waals surface area contributed by atoms with E-state index in [0.717, 1.165) is 25.8 Å². The van der Waals surface area contributed by atoms with Crippen molar-refractivity contribution in [2.24, 2.45) is 5.73 Å². The van der Waals surface area contributed by atoms with E-state index in [0.29, 0.717) is 24.3 Å². The Kier molecular flexibility index (Phi) is 7.88. The molecule has 0 aromatic carbocycles. The zero-order valence-corrected chi connectivity index (χ0v) is 17.6. The van der Waals surface area contributed by atoms with Crippen LogP contribution in [0, 0.1) is 0 Å². The van der Waals surface area contributed by atoms with Crippen molar-refractivity contribution in [1.29, 1.82) is 0 Å². The van der Waals surface area contributed by atoms with Crippen molar-refractivity contribution in [3.05, 3.63) is 90.3 Å². The van der Waals surface area contributed by atoms with Gasteiger partial charge in [-0.05, 0) is 78.0 Å². The van der Waals surface area contributed by atoms with Gasteiger partial charge in [0, 0.05) is 36.9 Å². The van der Waals surface area contributed by atoms with Gasteiger partial charge in [-0.3, -0.25) is 9.97 Å². The molecule has 3 aromatic heterocycles. The maximum absolute atomic E-state index is 5.67. The van der Waals surface area contributed by atoms with E-state index in [1.807, 2.05) is 24.8 Å². The molecule has 0 aliphatic carbocycles. The van der Waals surface area contributed by atoms with Crippen LogP contribution < -0.4 is 10.3 Å². The molecule has 0 fully saturated rings. The summed E-state index contributed by atoms with van der Waals surface area (Å²) in [5.41, 5.74) is 9.82. The molecule has 3 rings (SSSR count). The summed E-state index contributed by atoms with van der Waals surface area (Å²) in [4.78, 5) is 8.42. The fourth-order valence-corrected chi connectivity index (χ4v) is 4.18. The van der Waals surface area contributed by atoms with E-state index in [4.69, 9.17) is 5.73 Å². The topological polar surface area (TPSA) is 55.7 Å². The second-order valence-electron chi connectivity index (χ2n) is 7.89. The Balaban J connectivity index is 1.78. The number of aromatic nitrogens is 3. The molecule has 3 heterocycles. The van der Waals surface area contributed by atoms with Crippen LogP contribution >= 0.6 is 0 Å². The second-order valence-corrected chi connectivity index (χ2v) is 7.89. The first kappa shape index (κ1) is 21.1. The SMILES string of the molecule is CCC(CC(CC(C)c1cc[n+](CCN)cc1)c1ccncc1)c1ccncc1. The molecule has 0 saturated heterocycles. The van der Waals surface area contributed by atoms with Crippen molar-refractivity contribution >= 4 is 0 Å². The summed E-state index contributed by atoms with van der Waals surface area (Å²) < 4.78 is 2.15. The van der Waals surface area contributed by atoms with E-state index in [9.17, 15) is 0 Å². The first-order valence-electron chi connectivity index (χ1n) is 10.7. The van der Waals surface area contributed by atoms with Crippen LogP contribution in [0.2, 0.25) is 0 Å². The van der Waals surface area contributed by atoms with Crippen LogP contribution in [0.4, 0.5) is 0 Å². The van der Waals surface area contributed by atoms with E-state index in [2.05, 4.69) is 77.2 Å². The highest BCUT2D eigenvalue weighted by molar-refractivity contribution is 5.22. The molecule has 0 aliphatic heterocycles. The van der Waals surface area contributed by atoms with E-state index in [-0.39, 0.29) is 0 Å². The summed E-state index contributed by atoms with van der Waals surface area (Å²) in [5, 5.41) is 0. The summed E-state index contributed by atoms with van der Waals surface area (Å²) in [5.74, 6) is 1.50. The number of nitrogens with zero attached hydrogens (tertiary/aromatic N) is 3. The number of nitrogens with two attached hydrogens (primary N) is 1. The number of pyridine rings is 3. The monoisotopic (exact) mass is 389 g/mol. The Labute approximate surface area is 174 Å². The molecule has 3 atom stereocenters. The zero-order valence-electron chi connectivity index (χ0n) is 17.6. The van der Waals surface area contributed by atoms with Crippen LogP contribution in [0.5, 0.6) is 0 Å². The van der Waals surface area contributed by atoms with Crippen LogP contribution in [0.3, 0.4) is 0 Å². The minimum atomic E-state index is 0.482. The van der Waals surface area contributed by atoms with Gasteiger partial charge in [0.1, 0.15) is 0 Å². The van der Waals surface area contributed by atoms with Gasteiger partial charge in [0.25, 0.3) is 0 Å². The fraction of sp³-hybridized carbons (Fsp3) is 0.400. The number of hydrogen-bond donors (Lipinski definition) is 1. The maximum Gasteiger partial charge on any atom is 0.169 e. The minimum absolute atomic E-state index is 0.482. The standard InChI is InChI=1S/C25H33N4/c1-3-21(23-4-11-27-12-5-23)19-25(24-6-13-28-14-7-24)18-20(2)22-8-15-29(16-9-22)17-10-26/h4-9,11-16,20-21,25H,3,10,17-19,26H2,1-2H3/q+1. The Hall–Kier alpha value is -2.59. The zero-order chi connectivity index (χ0) is 20.5. The van der Waals surface area contributed by atoms with Crippen molar-refractivity contribution in [3.63, 3.8) is 0 Å². The molecular formula is C25H33N4+. The minimum Gasteiger partial charge on any atom is -0.325 e. The molecule has 3 unspecified atom stereocenters. The van der Waals surface area contributed by atoms with Gasteiger partial charge in [0.05, 0.1) is 6.54 Å². The smallest absolute Gasteiger partial charge is 0.169 e. The second kappa shape index (κ2) is 10.8. The molecule has 0 amide bonds. The molecule has 2 N–H and O–H groups in total. The predicted octanol–water partition coefficient (Wildman–Crippen LogP) is 4.58. The molecule has 29 heavy (non-hydrogen) atoms. The quantitative estimate of drug-likeness (QED) is 0.516. The van der Waals surface area contributed by atoms with Gasteiger partial charge in [0.15, 0.2) is 18.9 Å². The van der Waals surface area contributed by atoms with Gasteiger partial charge in [-0.1, -0.05) is 13.8 Å². The van der Waals surface area contributed by atoms with Crippen LogP contribution in [-0.2, 0) is 6.54 Å². The van der Waals surface area contributed by atoms with Gasteiger partial charge < -0.3 is 5.73 Å². The molecule has 4 nitrogen and oxygen atoms in total. The highest BCUT2D eigenvalue weighted by atomic mass is 14.9. The lowest BCUT2D eigenvalue weighted by Crippen LogP contribution is -2.36. The normalized spacial score (nSPS) is 14.3. The van der Waals surface area contributed by atoms with E-state index < -0.39 is 0 Å². The first-order chi connectivity index (χ1) is 14.2. The average molecular weight is 390 g/mol. The van der Waals surface area contributed by atoms with Crippen LogP contribution in [0.25, 0.3) is 0 Å². The highest BCUT2D eigenvalue weighted by Crippen LogP contribution is 2.37. The fourth-order valence-electron chi connectivity index (χ4n) is 4.18. The Morgan fingerprint density at radius 2 is 1.34 bits per heavy atom. The molecule has 3 aromatic rings. The van der Waals surface area contributed by atoms with E-state index in [1.54, 1.807) is 0 Å². The van der Waals surface area contributed by atoms with Gasteiger partial charge in [-0.15, -0.1) is 0 Å². The lowest BCUT2D eigenvalue weighted by atomic mass is 9.79. The lowest BCUT2D eigenvalue weighted by Gasteiger charge is -2.26. The Morgan fingerprint density at radius 1 is 0.793 bits per heavy atom. The van der Waals surface area contributed by atoms with Crippen molar-refractivity contribution in [1.82, 2.24) is 9.97 Å². The van der Waals surface area contributed by atoms with Crippen LogP contribution in [-0.4, -0.2) is 16.5 Å². The van der Waals surface area contributed by atoms with E-state index in [1.165, 1.54) is 16.7 Å². The molecular weight excluding hydrogens is 356 g/mol. The Morgan fingerprint density at radius 3 is 1.86 bits per heavy atom. The third kappa shape index (κ3) is 5.94. The van der Waals surface area contributed by atoms with Crippen LogP contribution in [0.1, 0.15) is 67.6 Å². The van der Waals surface area contributed by atoms with Gasteiger partial charge in [-0.25, -0.2) is 4.57 Å². The summed E-state index contributed by atoms with van der Waals surface area (Å²) in [6.07, 6.45) is 15.3. The number of hydrogen-bond acceptors (Lipinski definition) is 3. The third-order valence-corrected chi connectivity index (χ3v) is 5.93. The average Bonchev–Trinajstić information content (AvgIpc) is 2.78. The number of rotatable bonds is 10. The van der Waals surface area contributed by atoms with E-state index >= 15 is 0 Å². The summed E-state index contributed by atoms with van der Waals surface area (Å²) in [7, 11) is 0. The van der Waals surface area contributed by atoms with Gasteiger partial charge in [-0.2, -0.15) is 0 Å². The molecule has 0 bridgehead atoms. The molecule has 0 radical (unpaired) electrons. The molecule has 0 aliphatic rings. The van der Waals surface area contributed by atoms with Crippen molar-refractivity contribution in [2.75, 3.05) is 6.54 Å². The lowest BCUT2D eigenvalue weighted by molar-refractivity contribution is -0.694. The molecule has 4 heteroatoms. The van der Waals surface area contributed by atoms with Crippen molar-refractivity contribution < 1.29 is 4.57 Å². The maximum atomic E-state index is 5.67.